The van der Waals surface area contributed by atoms with Crippen molar-refractivity contribution in [2.24, 2.45) is 0 Å². The van der Waals surface area contributed by atoms with Gasteiger partial charge >= 0.3 is 0 Å². The highest BCUT2D eigenvalue weighted by Gasteiger charge is 2.18. The second-order valence-corrected chi connectivity index (χ2v) is 7.09. The number of amides is 3. The third-order valence-electron chi connectivity index (χ3n) is 4.93. The van der Waals surface area contributed by atoms with Crippen LogP contribution in [-0.4, -0.2) is 46.2 Å². The van der Waals surface area contributed by atoms with Gasteiger partial charge in [0.15, 0.2) is 11.5 Å². The smallest absolute Gasteiger partial charge is 0.269 e. The fraction of sp³-hybridized carbons (Fsp3) is 0.160. The van der Waals surface area contributed by atoms with Crippen LogP contribution < -0.4 is 35.1 Å². The minimum Gasteiger partial charge on any atom is -0.497 e. The van der Waals surface area contributed by atoms with Gasteiger partial charge in [0, 0.05) is 22.4 Å². The molecule has 0 unspecified atom stereocenters. The van der Waals surface area contributed by atoms with Crippen molar-refractivity contribution in [1.82, 2.24) is 10.9 Å². The van der Waals surface area contributed by atoms with E-state index < -0.39 is 17.7 Å². The van der Waals surface area contributed by atoms with E-state index in [2.05, 4.69) is 16.2 Å². The molecule has 0 atom stereocenters. The van der Waals surface area contributed by atoms with Crippen molar-refractivity contribution in [3.63, 3.8) is 0 Å². The van der Waals surface area contributed by atoms with E-state index in [0.717, 1.165) is 0 Å². The number of carbonyl (C=O) groups is 3. The van der Waals surface area contributed by atoms with E-state index >= 15 is 0 Å². The highest BCUT2D eigenvalue weighted by atomic mass is 16.5. The van der Waals surface area contributed by atoms with Gasteiger partial charge in [-0.05, 0) is 48.5 Å². The second-order valence-electron chi connectivity index (χ2n) is 7.09. The number of nitrogens with one attached hydrogen (secondary N) is 3. The SMILES string of the molecule is COc1cccc(C(=O)NNC(=O)c2cccc(NC(=O)c3cc(OC)c(OC)c(OC)c3)c2)c1. The van der Waals surface area contributed by atoms with E-state index in [1.165, 1.54) is 46.6 Å². The largest absolute Gasteiger partial charge is 0.497 e. The Morgan fingerprint density at radius 3 is 1.71 bits per heavy atom. The highest BCUT2D eigenvalue weighted by Crippen LogP contribution is 2.38. The first-order valence-electron chi connectivity index (χ1n) is 10.4. The molecule has 3 rings (SSSR count). The Hall–Kier alpha value is -4.73. The van der Waals surface area contributed by atoms with Crippen LogP contribution >= 0.6 is 0 Å². The van der Waals surface area contributed by atoms with Gasteiger partial charge < -0.3 is 24.3 Å². The fourth-order valence-corrected chi connectivity index (χ4v) is 3.18. The predicted molar refractivity (Wildman–Crippen MR) is 128 cm³/mol. The molecule has 0 aliphatic carbocycles. The summed E-state index contributed by atoms with van der Waals surface area (Å²) in [6, 6.07) is 15.8. The quantitative estimate of drug-likeness (QED) is 0.424. The summed E-state index contributed by atoms with van der Waals surface area (Å²) in [5.74, 6) is 0.0110. The van der Waals surface area contributed by atoms with E-state index in [-0.39, 0.29) is 11.1 Å². The molecule has 3 amide bonds. The Bertz CT molecular complexity index is 1220. The third-order valence-corrected chi connectivity index (χ3v) is 4.93. The van der Waals surface area contributed by atoms with Crippen LogP contribution in [0.15, 0.2) is 60.7 Å². The molecule has 0 saturated heterocycles. The summed E-state index contributed by atoms with van der Waals surface area (Å²) in [6.07, 6.45) is 0. The minimum absolute atomic E-state index is 0.221. The van der Waals surface area contributed by atoms with E-state index in [1.54, 1.807) is 42.5 Å². The number of carbonyl (C=O) groups excluding carboxylic acids is 3. The standard InChI is InChI=1S/C25H25N3O7/c1-32-19-10-6-8-16(12-19)25(31)28-27-24(30)15-7-5-9-18(11-15)26-23(29)17-13-20(33-2)22(35-4)21(14-17)34-3/h5-14H,1-4H3,(H,26,29)(H,27,30)(H,28,31). The Morgan fingerprint density at radius 1 is 0.600 bits per heavy atom. The first-order chi connectivity index (χ1) is 16.9. The lowest BCUT2D eigenvalue weighted by atomic mass is 10.1. The summed E-state index contributed by atoms with van der Waals surface area (Å²) >= 11 is 0. The summed E-state index contributed by atoms with van der Waals surface area (Å²) in [7, 11) is 5.87. The zero-order valence-electron chi connectivity index (χ0n) is 19.6. The normalized spacial score (nSPS) is 10.1. The number of methoxy groups -OCH3 is 4. The summed E-state index contributed by atoms with van der Waals surface area (Å²) in [5, 5.41) is 2.72. The van der Waals surface area contributed by atoms with Crippen molar-refractivity contribution in [2.75, 3.05) is 33.8 Å². The summed E-state index contributed by atoms with van der Waals surface area (Å²) in [6.45, 7) is 0. The Labute approximate surface area is 202 Å². The first kappa shape index (κ1) is 24.9. The molecule has 0 radical (unpaired) electrons. The van der Waals surface area contributed by atoms with Gasteiger partial charge in [-0.2, -0.15) is 0 Å². The molecular formula is C25H25N3O7. The van der Waals surface area contributed by atoms with Crippen LogP contribution in [0.1, 0.15) is 31.1 Å². The number of rotatable bonds is 8. The van der Waals surface area contributed by atoms with Crippen molar-refractivity contribution in [3.8, 4) is 23.0 Å². The fourth-order valence-electron chi connectivity index (χ4n) is 3.18. The maximum atomic E-state index is 12.8. The van der Waals surface area contributed by atoms with E-state index in [1.807, 2.05) is 0 Å². The zero-order chi connectivity index (χ0) is 25.4. The summed E-state index contributed by atoms with van der Waals surface area (Å²) in [4.78, 5) is 37.7. The highest BCUT2D eigenvalue weighted by molar-refractivity contribution is 6.06. The van der Waals surface area contributed by atoms with Crippen LogP contribution in [0, 0.1) is 0 Å². The molecule has 0 aliphatic heterocycles. The van der Waals surface area contributed by atoms with Crippen molar-refractivity contribution in [3.05, 3.63) is 77.4 Å². The number of anilines is 1. The second kappa shape index (κ2) is 11.4. The van der Waals surface area contributed by atoms with Crippen molar-refractivity contribution >= 4 is 23.4 Å². The molecular weight excluding hydrogens is 454 g/mol. The number of hydrogen-bond donors (Lipinski definition) is 3. The number of benzene rings is 3. The first-order valence-corrected chi connectivity index (χ1v) is 10.4. The van der Waals surface area contributed by atoms with E-state index in [4.69, 9.17) is 18.9 Å². The lowest BCUT2D eigenvalue weighted by Crippen LogP contribution is -2.41. The van der Waals surface area contributed by atoms with Crippen LogP contribution in [0.2, 0.25) is 0 Å². The average Bonchev–Trinajstić information content (AvgIpc) is 2.90. The molecule has 3 aromatic carbocycles. The van der Waals surface area contributed by atoms with E-state index in [9.17, 15) is 14.4 Å². The van der Waals surface area contributed by atoms with Gasteiger partial charge in [-0.25, -0.2) is 0 Å². The molecule has 3 aromatic rings. The van der Waals surface area contributed by atoms with Crippen molar-refractivity contribution in [1.29, 1.82) is 0 Å². The Morgan fingerprint density at radius 2 is 1.17 bits per heavy atom. The topological polar surface area (TPSA) is 124 Å². The van der Waals surface area contributed by atoms with Gasteiger partial charge in [0.1, 0.15) is 5.75 Å². The average molecular weight is 479 g/mol. The lowest BCUT2D eigenvalue weighted by Gasteiger charge is -2.14. The molecule has 0 spiro atoms. The molecule has 0 aliphatic rings. The van der Waals surface area contributed by atoms with Gasteiger partial charge in [-0.1, -0.05) is 12.1 Å². The molecule has 3 N–H and O–H groups in total. The van der Waals surface area contributed by atoms with Gasteiger partial charge in [-0.3, -0.25) is 25.2 Å². The summed E-state index contributed by atoms with van der Waals surface area (Å²) < 4.78 is 20.9. The van der Waals surface area contributed by atoms with Gasteiger partial charge in [-0.15, -0.1) is 0 Å². The molecule has 182 valence electrons. The van der Waals surface area contributed by atoms with Gasteiger partial charge in [0.2, 0.25) is 5.75 Å². The maximum absolute atomic E-state index is 12.8. The van der Waals surface area contributed by atoms with Crippen LogP contribution in [0.3, 0.4) is 0 Å². The zero-order valence-corrected chi connectivity index (χ0v) is 19.6. The Balaban J connectivity index is 1.69. The Kier molecular flexibility index (Phi) is 8.12. The lowest BCUT2D eigenvalue weighted by molar-refractivity contribution is 0.0846. The summed E-state index contributed by atoms with van der Waals surface area (Å²) in [5.41, 5.74) is 5.87. The molecule has 0 heterocycles. The number of hydrogen-bond acceptors (Lipinski definition) is 7. The molecule has 0 aromatic heterocycles. The monoisotopic (exact) mass is 479 g/mol. The number of ether oxygens (including phenoxy) is 4. The van der Waals surface area contributed by atoms with Crippen LogP contribution in [0.5, 0.6) is 23.0 Å². The van der Waals surface area contributed by atoms with Crippen LogP contribution in [0.4, 0.5) is 5.69 Å². The third kappa shape index (κ3) is 5.99. The molecule has 0 bridgehead atoms. The molecule has 35 heavy (non-hydrogen) atoms. The maximum Gasteiger partial charge on any atom is 0.269 e. The predicted octanol–water partition coefficient (Wildman–Crippen LogP) is 3.05. The van der Waals surface area contributed by atoms with E-state index in [0.29, 0.717) is 34.2 Å². The van der Waals surface area contributed by atoms with Crippen LogP contribution in [0.25, 0.3) is 0 Å². The number of hydrazine groups is 1. The minimum atomic E-state index is -0.565. The van der Waals surface area contributed by atoms with Crippen molar-refractivity contribution < 1.29 is 33.3 Å². The van der Waals surface area contributed by atoms with Gasteiger partial charge in [0.25, 0.3) is 17.7 Å². The molecule has 10 heteroatoms. The van der Waals surface area contributed by atoms with Crippen molar-refractivity contribution in [2.45, 2.75) is 0 Å². The molecule has 0 fully saturated rings. The molecule has 0 saturated carbocycles. The van der Waals surface area contributed by atoms with Gasteiger partial charge in [0.05, 0.1) is 28.4 Å². The van der Waals surface area contributed by atoms with Crippen LogP contribution in [-0.2, 0) is 0 Å². The molecule has 10 nitrogen and oxygen atoms in total.